The van der Waals surface area contributed by atoms with E-state index in [1.165, 1.54) is 0 Å². The first-order valence-electron chi connectivity index (χ1n) is 4.97. The molecule has 0 radical (unpaired) electrons. The molecule has 1 heterocycles. The first kappa shape index (κ1) is 12.9. The fourth-order valence-electron chi connectivity index (χ4n) is 1.91. The SMILES string of the molecule is COCC1OCC(OC)C(OC)C1OC. The zero-order valence-corrected chi connectivity index (χ0v) is 9.76. The molecule has 0 aromatic carbocycles. The van der Waals surface area contributed by atoms with Crippen LogP contribution in [0.3, 0.4) is 0 Å². The second kappa shape index (κ2) is 6.40. The van der Waals surface area contributed by atoms with Crippen LogP contribution >= 0.6 is 0 Å². The van der Waals surface area contributed by atoms with Crippen molar-refractivity contribution in [1.82, 2.24) is 0 Å². The summed E-state index contributed by atoms with van der Waals surface area (Å²) in [5.74, 6) is 0. The van der Waals surface area contributed by atoms with Crippen molar-refractivity contribution in [2.75, 3.05) is 41.7 Å². The van der Waals surface area contributed by atoms with Gasteiger partial charge in [-0.25, -0.2) is 0 Å². The molecule has 1 saturated heterocycles. The third-order valence-electron chi connectivity index (χ3n) is 2.71. The first-order chi connectivity index (χ1) is 7.28. The van der Waals surface area contributed by atoms with Crippen LogP contribution in [0.25, 0.3) is 0 Å². The third-order valence-corrected chi connectivity index (χ3v) is 2.71. The van der Waals surface area contributed by atoms with Crippen LogP contribution in [-0.2, 0) is 23.7 Å². The summed E-state index contributed by atoms with van der Waals surface area (Å²) in [6.07, 6.45) is -0.466. The summed E-state index contributed by atoms with van der Waals surface area (Å²) in [5, 5.41) is 0. The molecule has 0 spiro atoms. The Balaban J connectivity index is 2.65. The van der Waals surface area contributed by atoms with E-state index in [4.69, 9.17) is 23.7 Å². The number of ether oxygens (including phenoxy) is 5. The van der Waals surface area contributed by atoms with E-state index in [9.17, 15) is 0 Å². The topological polar surface area (TPSA) is 46.2 Å². The van der Waals surface area contributed by atoms with E-state index >= 15 is 0 Å². The molecule has 1 aliphatic rings. The minimum atomic E-state index is -0.159. The summed E-state index contributed by atoms with van der Waals surface area (Å²) in [4.78, 5) is 0. The summed E-state index contributed by atoms with van der Waals surface area (Å²) < 4.78 is 26.7. The number of hydrogen-bond donors (Lipinski definition) is 0. The Labute approximate surface area is 90.6 Å². The van der Waals surface area contributed by atoms with Gasteiger partial charge in [-0.1, -0.05) is 0 Å². The molecule has 4 unspecified atom stereocenters. The van der Waals surface area contributed by atoms with Crippen molar-refractivity contribution in [3.63, 3.8) is 0 Å². The Morgan fingerprint density at radius 1 is 1.00 bits per heavy atom. The lowest BCUT2D eigenvalue weighted by Gasteiger charge is -2.40. The third kappa shape index (κ3) is 2.89. The quantitative estimate of drug-likeness (QED) is 0.656. The highest BCUT2D eigenvalue weighted by molar-refractivity contribution is 4.89. The lowest BCUT2D eigenvalue weighted by atomic mass is 10.00. The zero-order valence-electron chi connectivity index (χ0n) is 9.76. The maximum Gasteiger partial charge on any atom is 0.114 e. The van der Waals surface area contributed by atoms with Gasteiger partial charge in [-0.15, -0.1) is 0 Å². The molecule has 90 valence electrons. The molecule has 1 rings (SSSR count). The monoisotopic (exact) mass is 220 g/mol. The minimum Gasteiger partial charge on any atom is -0.382 e. The summed E-state index contributed by atoms with van der Waals surface area (Å²) in [6.45, 7) is 0.998. The van der Waals surface area contributed by atoms with E-state index < -0.39 is 0 Å². The van der Waals surface area contributed by atoms with Gasteiger partial charge < -0.3 is 23.7 Å². The molecule has 0 aromatic heterocycles. The predicted octanol–water partition coefficient (Wildman–Crippen LogP) is 0.0766. The van der Waals surface area contributed by atoms with Gasteiger partial charge in [0.15, 0.2) is 0 Å². The van der Waals surface area contributed by atoms with Gasteiger partial charge in [-0.2, -0.15) is 0 Å². The summed E-state index contributed by atoms with van der Waals surface area (Å²) in [6, 6.07) is 0. The molecule has 0 aromatic rings. The van der Waals surface area contributed by atoms with Gasteiger partial charge in [0.25, 0.3) is 0 Å². The van der Waals surface area contributed by atoms with E-state index in [1.54, 1.807) is 28.4 Å². The number of rotatable bonds is 5. The van der Waals surface area contributed by atoms with Gasteiger partial charge in [-0.3, -0.25) is 0 Å². The lowest BCUT2D eigenvalue weighted by Crippen LogP contribution is -2.56. The Bertz CT molecular complexity index is 175. The van der Waals surface area contributed by atoms with Crippen molar-refractivity contribution in [2.24, 2.45) is 0 Å². The van der Waals surface area contributed by atoms with Crippen LogP contribution in [0.5, 0.6) is 0 Å². The molecule has 5 nitrogen and oxygen atoms in total. The van der Waals surface area contributed by atoms with Gasteiger partial charge in [0.05, 0.1) is 13.2 Å². The Hall–Kier alpha value is -0.200. The van der Waals surface area contributed by atoms with E-state index in [2.05, 4.69) is 0 Å². The fraction of sp³-hybridized carbons (Fsp3) is 1.00. The van der Waals surface area contributed by atoms with E-state index in [0.29, 0.717) is 13.2 Å². The van der Waals surface area contributed by atoms with Crippen molar-refractivity contribution in [2.45, 2.75) is 24.4 Å². The van der Waals surface area contributed by atoms with Gasteiger partial charge in [0, 0.05) is 28.4 Å². The van der Waals surface area contributed by atoms with Gasteiger partial charge in [0.2, 0.25) is 0 Å². The molecular weight excluding hydrogens is 200 g/mol. The Kier molecular flexibility index (Phi) is 5.49. The molecule has 5 heteroatoms. The number of methoxy groups -OCH3 is 4. The molecule has 15 heavy (non-hydrogen) atoms. The van der Waals surface area contributed by atoms with Crippen LogP contribution in [0.4, 0.5) is 0 Å². The van der Waals surface area contributed by atoms with Crippen molar-refractivity contribution in [3.8, 4) is 0 Å². The van der Waals surface area contributed by atoms with Crippen molar-refractivity contribution in [1.29, 1.82) is 0 Å². The molecule has 4 atom stereocenters. The van der Waals surface area contributed by atoms with Crippen LogP contribution in [-0.4, -0.2) is 66.1 Å². The van der Waals surface area contributed by atoms with Gasteiger partial charge in [0.1, 0.15) is 24.4 Å². The second-order valence-corrected chi connectivity index (χ2v) is 3.50. The standard InChI is InChI=1S/C10H20O5/c1-11-5-8-10(14-4)9(13-3)7(12-2)6-15-8/h7-10H,5-6H2,1-4H3. The normalized spacial score (nSPS) is 36.8. The average Bonchev–Trinajstić information content (AvgIpc) is 2.28. The molecular formula is C10H20O5. The predicted molar refractivity (Wildman–Crippen MR) is 54.0 cm³/mol. The van der Waals surface area contributed by atoms with Crippen LogP contribution < -0.4 is 0 Å². The van der Waals surface area contributed by atoms with Crippen LogP contribution in [0.1, 0.15) is 0 Å². The van der Waals surface area contributed by atoms with Crippen molar-refractivity contribution < 1.29 is 23.7 Å². The summed E-state index contributed by atoms with van der Waals surface area (Å²) in [7, 11) is 6.57. The molecule has 0 N–H and O–H groups in total. The molecule has 1 fully saturated rings. The smallest absolute Gasteiger partial charge is 0.114 e. The maximum atomic E-state index is 5.60. The molecule has 1 aliphatic heterocycles. The molecule has 0 amide bonds. The van der Waals surface area contributed by atoms with Gasteiger partial charge >= 0.3 is 0 Å². The largest absolute Gasteiger partial charge is 0.382 e. The Morgan fingerprint density at radius 3 is 2.13 bits per heavy atom. The molecule has 0 aliphatic carbocycles. The zero-order chi connectivity index (χ0) is 11.3. The summed E-state index contributed by atoms with van der Waals surface area (Å²) >= 11 is 0. The fourth-order valence-corrected chi connectivity index (χ4v) is 1.91. The highest BCUT2D eigenvalue weighted by atomic mass is 16.6. The van der Waals surface area contributed by atoms with Gasteiger partial charge in [-0.05, 0) is 0 Å². The molecule has 0 bridgehead atoms. The maximum absolute atomic E-state index is 5.60. The lowest BCUT2D eigenvalue weighted by molar-refractivity contribution is -0.219. The number of hydrogen-bond acceptors (Lipinski definition) is 5. The van der Waals surface area contributed by atoms with Crippen molar-refractivity contribution >= 4 is 0 Å². The summed E-state index contributed by atoms with van der Waals surface area (Å²) in [5.41, 5.74) is 0. The van der Waals surface area contributed by atoms with E-state index in [-0.39, 0.29) is 24.4 Å². The highest BCUT2D eigenvalue weighted by Gasteiger charge is 2.41. The van der Waals surface area contributed by atoms with Crippen LogP contribution in [0, 0.1) is 0 Å². The van der Waals surface area contributed by atoms with Crippen molar-refractivity contribution in [3.05, 3.63) is 0 Å². The van der Waals surface area contributed by atoms with E-state index in [0.717, 1.165) is 0 Å². The Morgan fingerprint density at radius 2 is 1.67 bits per heavy atom. The molecule has 0 saturated carbocycles. The van der Waals surface area contributed by atoms with Crippen LogP contribution in [0.15, 0.2) is 0 Å². The average molecular weight is 220 g/mol. The van der Waals surface area contributed by atoms with E-state index in [1.807, 2.05) is 0 Å². The minimum absolute atomic E-state index is 0.0898. The van der Waals surface area contributed by atoms with Crippen LogP contribution in [0.2, 0.25) is 0 Å². The highest BCUT2D eigenvalue weighted by Crippen LogP contribution is 2.22. The second-order valence-electron chi connectivity index (χ2n) is 3.50. The first-order valence-corrected chi connectivity index (χ1v) is 4.97.